The molecule has 1 aliphatic heterocycles. The molecule has 0 bridgehead atoms. The van der Waals surface area contributed by atoms with Crippen LogP contribution >= 0.6 is 0 Å². The molecule has 0 saturated heterocycles. The molecular weight excluding hydrogens is 419 g/mol. The third-order valence-electron chi connectivity index (χ3n) is 5.20. The van der Waals surface area contributed by atoms with Gasteiger partial charge >= 0.3 is 11.6 Å². The average Bonchev–Trinajstić information content (AvgIpc) is 3.16. The minimum absolute atomic E-state index is 0.0943. The molecule has 7 nitrogen and oxygen atoms in total. The number of rotatable bonds is 6. The van der Waals surface area contributed by atoms with Crippen LogP contribution in [-0.4, -0.2) is 26.3 Å². The molecule has 1 aliphatic rings. The highest BCUT2D eigenvalue weighted by atomic mass is 19.1. The lowest BCUT2D eigenvalue weighted by Crippen LogP contribution is -2.31. The van der Waals surface area contributed by atoms with Crippen LogP contribution in [0, 0.1) is 12.7 Å². The maximum Gasteiger partial charge on any atom is 0.348 e. The van der Waals surface area contributed by atoms with Gasteiger partial charge < -0.3 is 23.4 Å². The number of aryl methyl sites for hydroxylation is 1. The lowest BCUT2D eigenvalue weighted by atomic mass is 9.88. The summed E-state index contributed by atoms with van der Waals surface area (Å²) in [5.74, 6) is -0.311. The third-order valence-corrected chi connectivity index (χ3v) is 5.20. The number of halogens is 1. The zero-order chi connectivity index (χ0) is 22.8. The predicted molar refractivity (Wildman–Crippen MR) is 112 cm³/mol. The van der Waals surface area contributed by atoms with Crippen molar-refractivity contribution in [2.45, 2.75) is 25.6 Å². The average molecular weight is 440 g/mol. The van der Waals surface area contributed by atoms with Crippen molar-refractivity contribution in [1.82, 2.24) is 0 Å². The standard InChI is InChI=1S/C24H21FO7/c1-13-9-19-21(23(26)31-13)20(22(32-19)24(27)29-3)15-7-8-17(28-2)18(11-15)30-12-14-5-4-6-16(25)10-14/h4-11,20,22H,12H2,1-3H3/t20-,22-/m1/s1. The van der Waals surface area contributed by atoms with Gasteiger partial charge in [0.15, 0.2) is 11.5 Å². The van der Waals surface area contributed by atoms with Gasteiger partial charge in [0.05, 0.1) is 25.7 Å². The zero-order valence-electron chi connectivity index (χ0n) is 17.7. The highest BCUT2D eigenvalue weighted by Crippen LogP contribution is 2.43. The fourth-order valence-corrected chi connectivity index (χ4v) is 3.76. The summed E-state index contributed by atoms with van der Waals surface area (Å²) in [6.45, 7) is 1.72. The maximum atomic E-state index is 13.5. The largest absolute Gasteiger partial charge is 0.493 e. The lowest BCUT2D eigenvalue weighted by molar-refractivity contribution is -0.148. The second kappa shape index (κ2) is 8.74. The Morgan fingerprint density at radius 2 is 1.91 bits per heavy atom. The van der Waals surface area contributed by atoms with E-state index in [-0.39, 0.29) is 23.7 Å². The summed E-state index contributed by atoms with van der Waals surface area (Å²) in [4.78, 5) is 25.1. The summed E-state index contributed by atoms with van der Waals surface area (Å²) < 4.78 is 40.7. The summed E-state index contributed by atoms with van der Waals surface area (Å²) in [5.41, 5.74) is 0.850. The van der Waals surface area contributed by atoms with Crippen LogP contribution in [0.2, 0.25) is 0 Å². The first kappa shape index (κ1) is 21.4. The Hall–Kier alpha value is -3.81. The van der Waals surface area contributed by atoms with Crippen molar-refractivity contribution in [1.29, 1.82) is 0 Å². The van der Waals surface area contributed by atoms with Crippen LogP contribution in [0.3, 0.4) is 0 Å². The number of fused-ring (bicyclic) bond motifs is 1. The number of carbonyl (C=O) groups excluding carboxylic acids is 1. The van der Waals surface area contributed by atoms with Crippen LogP contribution in [0.15, 0.2) is 57.7 Å². The molecule has 0 spiro atoms. The molecule has 0 fully saturated rings. The summed E-state index contributed by atoms with van der Waals surface area (Å²) in [6, 6.07) is 12.7. The summed E-state index contributed by atoms with van der Waals surface area (Å²) in [6.07, 6.45) is -1.07. The van der Waals surface area contributed by atoms with Gasteiger partial charge in [-0.1, -0.05) is 18.2 Å². The quantitative estimate of drug-likeness (QED) is 0.540. The predicted octanol–water partition coefficient (Wildman–Crippen LogP) is 3.74. The third kappa shape index (κ3) is 4.03. The smallest absolute Gasteiger partial charge is 0.348 e. The van der Waals surface area contributed by atoms with Crippen molar-refractivity contribution in [3.8, 4) is 17.2 Å². The van der Waals surface area contributed by atoms with Crippen molar-refractivity contribution in [3.05, 3.63) is 87.2 Å². The first-order valence-corrected chi connectivity index (χ1v) is 9.85. The summed E-state index contributed by atoms with van der Waals surface area (Å²) in [5, 5.41) is 0. The van der Waals surface area contributed by atoms with Crippen LogP contribution in [0.4, 0.5) is 4.39 Å². The van der Waals surface area contributed by atoms with Gasteiger partial charge in [-0.05, 0) is 42.3 Å². The van der Waals surface area contributed by atoms with Crippen molar-refractivity contribution in [2.75, 3.05) is 14.2 Å². The van der Waals surface area contributed by atoms with E-state index in [1.54, 1.807) is 43.3 Å². The van der Waals surface area contributed by atoms with Gasteiger partial charge in [-0.25, -0.2) is 14.0 Å². The van der Waals surface area contributed by atoms with E-state index in [1.165, 1.54) is 26.4 Å². The van der Waals surface area contributed by atoms with Crippen molar-refractivity contribution in [2.24, 2.45) is 0 Å². The molecule has 2 aromatic carbocycles. The van der Waals surface area contributed by atoms with Gasteiger partial charge in [-0.2, -0.15) is 0 Å². The van der Waals surface area contributed by atoms with E-state index in [4.69, 9.17) is 23.4 Å². The highest BCUT2D eigenvalue weighted by Gasteiger charge is 2.44. The SMILES string of the molecule is COC(=O)[C@@H]1Oc2cc(C)oc(=O)c2[C@H]1c1ccc(OC)c(OCc2cccc(F)c2)c1. The van der Waals surface area contributed by atoms with E-state index in [9.17, 15) is 14.0 Å². The van der Waals surface area contributed by atoms with Gasteiger partial charge in [0, 0.05) is 6.07 Å². The number of esters is 1. The fourth-order valence-electron chi connectivity index (χ4n) is 3.76. The molecule has 0 saturated carbocycles. The Morgan fingerprint density at radius 3 is 2.62 bits per heavy atom. The van der Waals surface area contributed by atoms with Crippen molar-refractivity contribution in [3.63, 3.8) is 0 Å². The molecule has 0 radical (unpaired) electrons. The molecule has 0 unspecified atom stereocenters. The van der Waals surface area contributed by atoms with Crippen molar-refractivity contribution < 1.29 is 32.5 Å². The molecule has 2 atom stereocenters. The van der Waals surface area contributed by atoms with E-state index in [0.717, 1.165) is 0 Å². The maximum absolute atomic E-state index is 13.5. The van der Waals surface area contributed by atoms with Gasteiger partial charge in [0.2, 0.25) is 6.10 Å². The number of carbonyl (C=O) groups is 1. The monoisotopic (exact) mass is 440 g/mol. The number of benzene rings is 2. The van der Waals surface area contributed by atoms with Crippen LogP contribution in [-0.2, 0) is 16.1 Å². The van der Waals surface area contributed by atoms with E-state index < -0.39 is 23.6 Å². The first-order valence-electron chi connectivity index (χ1n) is 9.85. The number of ether oxygens (including phenoxy) is 4. The Balaban J connectivity index is 1.74. The first-order chi connectivity index (χ1) is 15.4. The minimum Gasteiger partial charge on any atom is -0.493 e. The zero-order valence-corrected chi connectivity index (χ0v) is 17.7. The Labute approximate surface area is 183 Å². The molecule has 0 amide bonds. The van der Waals surface area contributed by atoms with Crippen LogP contribution in [0.25, 0.3) is 0 Å². The van der Waals surface area contributed by atoms with E-state index in [0.29, 0.717) is 28.4 Å². The molecule has 3 aromatic rings. The summed E-state index contributed by atoms with van der Waals surface area (Å²) >= 11 is 0. The second-order valence-corrected chi connectivity index (χ2v) is 7.29. The highest BCUT2D eigenvalue weighted by molar-refractivity contribution is 5.79. The molecule has 166 valence electrons. The van der Waals surface area contributed by atoms with Crippen LogP contribution in [0.5, 0.6) is 17.2 Å². The Morgan fingerprint density at radius 1 is 1.09 bits per heavy atom. The molecule has 0 N–H and O–H groups in total. The second-order valence-electron chi connectivity index (χ2n) is 7.29. The summed E-state index contributed by atoms with van der Waals surface area (Å²) in [7, 11) is 2.74. The van der Waals surface area contributed by atoms with E-state index in [2.05, 4.69) is 0 Å². The molecule has 2 heterocycles. The normalized spacial score (nSPS) is 16.8. The van der Waals surface area contributed by atoms with Gasteiger partial charge in [-0.3, -0.25) is 0 Å². The van der Waals surface area contributed by atoms with E-state index >= 15 is 0 Å². The Bertz CT molecular complexity index is 1220. The van der Waals surface area contributed by atoms with Crippen LogP contribution < -0.4 is 19.8 Å². The molecular formula is C24H21FO7. The molecule has 32 heavy (non-hydrogen) atoms. The molecule has 8 heteroatoms. The lowest BCUT2D eigenvalue weighted by Gasteiger charge is -2.19. The minimum atomic E-state index is -1.07. The molecule has 0 aliphatic carbocycles. The van der Waals surface area contributed by atoms with Gasteiger partial charge in [0.25, 0.3) is 0 Å². The van der Waals surface area contributed by atoms with Crippen LogP contribution in [0.1, 0.15) is 28.4 Å². The molecule has 1 aromatic heterocycles. The van der Waals surface area contributed by atoms with Gasteiger partial charge in [-0.15, -0.1) is 0 Å². The van der Waals surface area contributed by atoms with Gasteiger partial charge in [0.1, 0.15) is 23.9 Å². The molecule has 4 rings (SSSR count). The topological polar surface area (TPSA) is 84.2 Å². The van der Waals surface area contributed by atoms with E-state index in [1.807, 2.05) is 0 Å². The van der Waals surface area contributed by atoms with Crippen molar-refractivity contribution >= 4 is 5.97 Å². The fraction of sp³-hybridized carbons (Fsp3) is 0.250. The Kier molecular flexibility index (Phi) is 5.85. The number of hydrogen-bond acceptors (Lipinski definition) is 7. The number of hydrogen-bond donors (Lipinski definition) is 0. The number of methoxy groups -OCH3 is 2.